The molecule has 0 saturated carbocycles. The van der Waals surface area contributed by atoms with Crippen LogP contribution in [0.25, 0.3) is 0 Å². The van der Waals surface area contributed by atoms with Gasteiger partial charge in [-0.3, -0.25) is 4.79 Å². The number of piperidine rings is 1. The summed E-state index contributed by atoms with van der Waals surface area (Å²) in [6.07, 6.45) is 3.77. The van der Waals surface area contributed by atoms with Crippen molar-refractivity contribution < 1.29 is 9.53 Å². The van der Waals surface area contributed by atoms with Crippen LogP contribution in [-0.4, -0.2) is 39.6 Å². The molecule has 4 rings (SSSR count). The van der Waals surface area contributed by atoms with E-state index in [1.807, 2.05) is 12.1 Å². The second-order valence-corrected chi connectivity index (χ2v) is 8.82. The number of benzene rings is 2. The standard InChI is InChI=1S/C22H25ClN6O2S/c23-16-4-10-19(11-5-16)31-14-20-26-27-22(29(20)24)32-15-21(30)25-17-6-8-18(9-7-17)28-12-2-1-3-13-28/h4-11H,1-3,12-15,24H2,(H,25,30). The second-order valence-electron chi connectivity index (χ2n) is 7.44. The Morgan fingerprint density at radius 2 is 1.78 bits per heavy atom. The average molecular weight is 473 g/mol. The summed E-state index contributed by atoms with van der Waals surface area (Å²) in [5.74, 6) is 7.19. The molecule has 1 fully saturated rings. The summed E-state index contributed by atoms with van der Waals surface area (Å²) in [5.41, 5.74) is 1.96. The van der Waals surface area contributed by atoms with E-state index in [0.29, 0.717) is 21.8 Å². The third-order valence-electron chi connectivity index (χ3n) is 5.12. The van der Waals surface area contributed by atoms with Crippen LogP contribution in [0.5, 0.6) is 5.75 Å². The van der Waals surface area contributed by atoms with Crippen molar-refractivity contribution in [3.63, 3.8) is 0 Å². The molecule has 8 nitrogen and oxygen atoms in total. The summed E-state index contributed by atoms with van der Waals surface area (Å²) in [7, 11) is 0. The molecule has 2 heterocycles. The quantitative estimate of drug-likeness (QED) is 0.378. The van der Waals surface area contributed by atoms with Crippen molar-refractivity contribution in [1.29, 1.82) is 0 Å². The Morgan fingerprint density at radius 3 is 2.50 bits per heavy atom. The summed E-state index contributed by atoms with van der Waals surface area (Å²) < 4.78 is 6.98. The molecule has 1 aromatic heterocycles. The number of carbonyl (C=O) groups excluding carboxylic acids is 1. The van der Waals surface area contributed by atoms with E-state index in [1.165, 1.54) is 41.4 Å². The fraction of sp³-hybridized carbons (Fsp3) is 0.318. The molecule has 0 aliphatic carbocycles. The number of nitrogens with two attached hydrogens (primary N) is 1. The van der Waals surface area contributed by atoms with E-state index in [-0.39, 0.29) is 18.3 Å². The van der Waals surface area contributed by atoms with Gasteiger partial charge in [-0.1, -0.05) is 23.4 Å². The van der Waals surface area contributed by atoms with Crippen LogP contribution in [0.3, 0.4) is 0 Å². The Balaban J connectivity index is 1.25. The van der Waals surface area contributed by atoms with Gasteiger partial charge in [0.15, 0.2) is 5.82 Å². The highest BCUT2D eigenvalue weighted by molar-refractivity contribution is 7.99. The van der Waals surface area contributed by atoms with Gasteiger partial charge in [-0.15, -0.1) is 10.2 Å². The number of nitrogens with one attached hydrogen (secondary N) is 1. The van der Waals surface area contributed by atoms with Crippen molar-refractivity contribution in [2.45, 2.75) is 31.0 Å². The van der Waals surface area contributed by atoms with Crippen LogP contribution in [0.15, 0.2) is 53.7 Å². The molecule has 1 aliphatic heterocycles. The minimum atomic E-state index is -0.136. The lowest BCUT2D eigenvalue weighted by molar-refractivity contribution is -0.113. The summed E-state index contributed by atoms with van der Waals surface area (Å²) in [6, 6.07) is 15.0. The number of anilines is 2. The van der Waals surface area contributed by atoms with Crippen LogP contribution in [0.1, 0.15) is 25.1 Å². The Kier molecular flexibility index (Phi) is 7.39. The summed E-state index contributed by atoms with van der Waals surface area (Å²) in [6.45, 7) is 2.34. The number of carbonyl (C=O) groups is 1. The van der Waals surface area contributed by atoms with E-state index in [4.69, 9.17) is 22.2 Å². The van der Waals surface area contributed by atoms with Crippen LogP contribution < -0.4 is 20.8 Å². The van der Waals surface area contributed by atoms with Crippen LogP contribution in [0.4, 0.5) is 11.4 Å². The lowest BCUT2D eigenvalue weighted by atomic mass is 10.1. The van der Waals surface area contributed by atoms with E-state index in [1.54, 1.807) is 24.3 Å². The molecule has 0 bridgehead atoms. The molecule has 1 saturated heterocycles. The highest BCUT2D eigenvalue weighted by atomic mass is 35.5. The second kappa shape index (κ2) is 10.6. The number of nitrogens with zero attached hydrogens (tertiary/aromatic N) is 4. The van der Waals surface area contributed by atoms with Gasteiger partial charge in [-0.05, 0) is 67.8 Å². The highest BCUT2D eigenvalue weighted by Gasteiger charge is 2.14. The first-order valence-corrected chi connectivity index (χ1v) is 11.8. The molecule has 168 valence electrons. The van der Waals surface area contributed by atoms with Gasteiger partial charge in [0.1, 0.15) is 12.4 Å². The largest absolute Gasteiger partial charge is 0.486 e. The molecule has 3 N–H and O–H groups in total. The van der Waals surface area contributed by atoms with E-state index in [9.17, 15) is 4.79 Å². The Morgan fingerprint density at radius 1 is 1.06 bits per heavy atom. The number of amides is 1. The molecule has 10 heteroatoms. The SMILES string of the molecule is Nn1c(COc2ccc(Cl)cc2)nnc1SCC(=O)Nc1ccc(N2CCCCC2)cc1. The van der Waals surface area contributed by atoms with Crippen LogP contribution >= 0.6 is 23.4 Å². The molecule has 32 heavy (non-hydrogen) atoms. The monoisotopic (exact) mass is 472 g/mol. The fourth-order valence-corrected chi connectivity index (χ4v) is 4.22. The number of hydrogen-bond acceptors (Lipinski definition) is 7. The Bertz CT molecular complexity index is 1040. The van der Waals surface area contributed by atoms with Crippen molar-refractivity contribution in [2.24, 2.45) is 0 Å². The molecule has 2 aromatic carbocycles. The van der Waals surface area contributed by atoms with Crippen molar-refractivity contribution in [2.75, 3.05) is 34.9 Å². The average Bonchev–Trinajstić information content (AvgIpc) is 3.17. The zero-order valence-electron chi connectivity index (χ0n) is 17.5. The zero-order chi connectivity index (χ0) is 22.3. The fourth-order valence-electron chi connectivity index (χ4n) is 3.42. The topological polar surface area (TPSA) is 98.3 Å². The maximum Gasteiger partial charge on any atom is 0.234 e. The zero-order valence-corrected chi connectivity index (χ0v) is 19.1. The molecule has 0 radical (unpaired) electrons. The predicted octanol–water partition coefficient (Wildman–Crippen LogP) is 3.95. The lowest BCUT2D eigenvalue weighted by Crippen LogP contribution is -2.29. The van der Waals surface area contributed by atoms with Gasteiger partial charge >= 0.3 is 0 Å². The smallest absolute Gasteiger partial charge is 0.234 e. The minimum absolute atomic E-state index is 0.136. The number of halogens is 1. The number of hydrogen-bond donors (Lipinski definition) is 2. The third-order valence-corrected chi connectivity index (χ3v) is 6.32. The van der Waals surface area contributed by atoms with Gasteiger partial charge in [0.25, 0.3) is 0 Å². The summed E-state index contributed by atoms with van der Waals surface area (Å²) >= 11 is 7.08. The van der Waals surface area contributed by atoms with E-state index in [0.717, 1.165) is 18.8 Å². The van der Waals surface area contributed by atoms with Crippen molar-refractivity contribution in [3.05, 3.63) is 59.4 Å². The molecular formula is C22H25ClN6O2S. The molecule has 1 aliphatic rings. The Hall–Kier alpha value is -2.91. The van der Waals surface area contributed by atoms with Crippen molar-refractivity contribution in [1.82, 2.24) is 14.9 Å². The van der Waals surface area contributed by atoms with Gasteiger partial charge < -0.3 is 20.8 Å². The first-order valence-electron chi connectivity index (χ1n) is 10.4. The van der Waals surface area contributed by atoms with Crippen LogP contribution in [0.2, 0.25) is 5.02 Å². The van der Waals surface area contributed by atoms with Crippen LogP contribution in [0, 0.1) is 0 Å². The van der Waals surface area contributed by atoms with Crippen LogP contribution in [-0.2, 0) is 11.4 Å². The normalized spacial score (nSPS) is 13.7. The molecule has 3 aromatic rings. The van der Waals surface area contributed by atoms with Crippen molar-refractivity contribution >= 4 is 40.6 Å². The minimum Gasteiger partial charge on any atom is -0.486 e. The summed E-state index contributed by atoms with van der Waals surface area (Å²) in [4.78, 5) is 14.7. The summed E-state index contributed by atoms with van der Waals surface area (Å²) in [5, 5.41) is 12.1. The number of thioether (sulfide) groups is 1. The number of ether oxygens (including phenoxy) is 1. The van der Waals surface area contributed by atoms with E-state index < -0.39 is 0 Å². The van der Waals surface area contributed by atoms with E-state index >= 15 is 0 Å². The van der Waals surface area contributed by atoms with Gasteiger partial charge in [0.2, 0.25) is 11.1 Å². The highest BCUT2D eigenvalue weighted by Crippen LogP contribution is 2.22. The van der Waals surface area contributed by atoms with E-state index in [2.05, 4.69) is 32.5 Å². The molecule has 0 atom stereocenters. The number of aromatic nitrogens is 3. The molecule has 0 unspecified atom stereocenters. The predicted molar refractivity (Wildman–Crippen MR) is 128 cm³/mol. The Labute approximate surface area is 196 Å². The third kappa shape index (κ3) is 5.86. The van der Waals surface area contributed by atoms with Crippen molar-refractivity contribution in [3.8, 4) is 5.75 Å². The number of nitrogen functional groups attached to an aromatic ring is 1. The maximum atomic E-state index is 12.4. The molecule has 0 spiro atoms. The lowest BCUT2D eigenvalue weighted by Gasteiger charge is -2.28. The molecule has 1 amide bonds. The van der Waals surface area contributed by atoms with Gasteiger partial charge in [0, 0.05) is 29.5 Å². The first-order chi connectivity index (χ1) is 15.6. The number of rotatable bonds is 8. The molecular weight excluding hydrogens is 448 g/mol. The van der Waals surface area contributed by atoms with Gasteiger partial charge in [0.05, 0.1) is 5.75 Å². The maximum absolute atomic E-state index is 12.4. The van der Waals surface area contributed by atoms with Gasteiger partial charge in [-0.2, -0.15) is 0 Å². The first kappa shape index (κ1) is 22.3. The van der Waals surface area contributed by atoms with Gasteiger partial charge in [-0.25, -0.2) is 4.68 Å².